The first-order valence-corrected chi connectivity index (χ1v) is 16.3. The van der Waals surface area contributed by atoms with Crippen LogP contribution in [0.15, 0.2) is 23.8 Å². The molecule has 0 unspecified atom stereocenters. The minimum Gasteiger partial charge on any atom is -0.466 e. The molecule has 10 nitrogen and oxygen atoms in total. The van der Waals surface area contributed by atoms with Crippen molar-refractivity contribution < 1.29 is 50.7 Å². The second kappa shape index (κ2) is 11.2. The third kappa shape index (κ3) is 5.06. The Morgan fingerprint density at radius 1 is 1.14 bits per heavy atom. The van der Waals surface area contributed by atoms with E-state index in [1.807, 2.05) is 0 Å². The first kappa shape index (κ1) is 32.5. The highest BCUT2D eigenvalue weighted by Crippen LogP contribution is 2.71. The summed E-state index contributed by atoms with van der Waals surface area (Å²) in [5.41, 5.74) is -5.98. The van der Waals surface area contributed by atoms with Crippen LogP contribution in [0, 0.1) is 28.6 Å². The molecule has 0 heterocycles. The Bertz CT molecular complexity index is 1320. The summed E-state index contributed by atoms with van der Waals surface area (Å²) in [6.07, 6.45) is 4.10. The first-order chi connectivity index (χ1) is 19.5. The fourth-order valence-electron chi connectivity index (χ4n) is 8.51. The van der Waals surface area contributed by atoms with Gasteiger partial charge in [-0.15, -0.1) is 0 Å². The maximum atomic E-state index is 17.5. The molecule has 0 saturated heterocycles. The van der Waals surface area contributed by atoms with Gasteiger partial charge in [0.25, 0.3) is 10.1 Å². The Kier molecular flexibility index (Phi) is 8.69. The van der Waals surface area contributed by atoms with Gasteiger partial charge in [-0.05, 0) is 64.0 Å². The number of rotatable bonds is 10. The number of ether oxygens (including phenoxy) is 2. The topological polar surface area (TPSA) is 150 Å². The van der Waals surface area contributed by atoms with Crippen LogP contribution in [-0.2, 0) is 43.0 Å². The number of aliphatic hydroxyl groups excluding tert-OH is 1. The van der Waals surface area contributed by atoms with Crippen LogP contribution in [0.2, 0.25) is 0 Å². The summed E-state index contributed by atoms with van der Waals surface area (Å²) in [5, 5.41) is 11.6. The number of hydrogen-bond donors (Lipinski definition) is 1. The van der Waals surface area contributed by atoms with Gasteiger partial charge in [-0.2, -0.15) is 8.42 Å². The molecule has 42 heavy (non-hydrogen) atoms. The van der Waals surface area contributed by atoms with Gasteiger partial charge in [0.2, 0.25) is 5.78 Å². The van der Waals surface area contributed by atoms with Crippen molar-refractivity contribution >= 4 is 33.6 Å². The maximum Gasteiger partial charge on any atom is 0.306 e. The van der Waals surface area contributed by atoms with Crippen molar-refractivity contribution in [3.8, 4) is 0 Å². The number of ketones is 2. The van der Waals surface area contributed by atoms with E-state index in [1.165, 1.54) is 18.2 Å². The van der Waals surface area contributed by atoms with Crippen molar-refractivity contribution in [2.45, 2.75) is 90.0 Å². The number of carbonyl (C=O) groups excluding carboxylic acids is 4. The zero-order valence-electron chi connectivity index (χ0n) is 24.8. The van der Waals surface area contributed by atoms with Gasteiger partial charge >= 0.3 is 11.9 Å². The number of carbonyl (C=O) groups is 4. The van der Waals surface area contributed by atoms with Crippen LogP contribution in [0.3, 0.4) is 0 Å². The third-order valence-electron chi connectivity index (χ3n) is 10.3. The predicted molar refractivity (Wildman–Crippen MR) is 148 cm³/mol. The fourth-order valence-corrected chi connectivity index (χ4v) is 8.83. The number of hydrogen-bond acceptors (Lipinski definition) is 10. The van der Waals surface area contributed by atoms with Crippen LogP contribution in [0.1, 0.15) is 72.6 Å². The molecule has 3 fully saturated rings. The van der Waals surface area contributed by atoms with Gasteiger partial charge in [0, 0.05) is 35.5 Å². The molecule has 0 aromatic heterocycles. The average molecular weight is 613 g/mol. The second-order valence-corrected chi connectivity index (χ2v) is 14.3. The monoisotopic (exact) mass is 612 g/mol. The molecule has 1 N–H and O–H groups in total. The summed E-state index contributed by atoms with van der Waals surface area (Å²) in [6, 6.07) is 0. The van der Waals surface area contributed by atoms with E-state index in [2.05, 4.69) is 0 Å². The predicted octanol–water partition coefficient (Wildman–Crippen LogP) is 3.16. The maximum absolute atomic E-state index is 17.5. The highest BCUT2D eigenvalue weighted by molar-refractivity contribution is 7.86. The molecule has 0 bridgehead atoms. The van der Waals surface area contributed by atoms with Crippen molar-refractivity contribution in [3.63, 3.8) is 0 Å². The molecular formula is C30H41FO10S. The van der Waals surface area contributed by atoms with Crippen molar-refractivity contribution in [2.75, 3.05) is 19.5 Å². The number of aliphatic hydroxyl groups is 1. The molecular weight excluding hydrogens is 571 g/mol. The van der Waals surface area contributed by atoms with E-state index in [0.717, 1.165) is 6.26 Å². The van der Waals surface area contributed by atoms with Crippen molar-refractivity contribution in [1.29, 1.82) is 0 Å². The molecule has 0 aliphatic heterocycles. The number of fused-ring (bicyclic) bond motifs is 5. The van der Waals surface area contributed by atoms with Crippen LogP contribution in [0.5, 0.6) is 0 Å². The molecule has 234 valence electrons. The molecule has 12 heteroatoms. The molecule has 0 amide bonds. The van der Waals surface area contributed by atoms with E-state index in [0.29, 0.717) is 18.4 Å². The largest absolute Gasteiger partial charge is 0.466 e. The smallest absolute Gasteiger partial charge is 0.306 e. The molecule has 8 atom stereocenters. The Labute approximate surface area is 246 Å². The number of Topliss-reactive ketones (excluding diaryl/α,β-unsaturated/α-hetero) is 1. The highest BCUT2D eigenvalue weighted by Gasteiger charge is 2.77. The Morgan fingerprint density at radius 3 is 2.45 bits per heavy atom. The highest BCUT2D eigenvalue weighted by atomic mass is 32.2. The lowest BCUT2D eigenvalue weighted by Gasteiger charge is -2.62. The molecule has 4 rings (SSSR count). The zero-order chi connectivity index (χ0) is 31.3. The lowest BCUT2D eigenvalue weighted by atomic mass is 9.44. The number of halogens is 1. The number of esters is 2. The molecule has 4 aliphatic rings. The van der Waals surface area contributed by atoms with Crippen LogP contribution in [-0.4, -0.2) is 73.9 Å². The quantitative estimate of drug-likeness (QED) is 0.288. The van der Waals surface area contributed by atoms with E-state index in [1.54, 1.807) is 27.7 Å². The van der Waals surface area contributed by atoms with E-state index < -0.39 is 80.4 Å². The second-order valence-electron chi connectivity index (χ2n) is 12.7. The van der Waals surface area contributed by atoms with Gasteiger partial charge in [0.1, 0.15) is 6.61 Å². The minimum atomic E-state index is -4.03. The lowest BCUT2D eigenvalue weighted by Crippen LogP contribution is -2.70. The van der Waals surface area contributed by atoms with Gasteiger partial charge in [-0.1, -0.05) is 25.5 Å². The molecule has 0 spiro atoms. The standard InChI is InChI=1S/C30H41FO10S/c1-6-39-25(35)8-7-9-26(36)41-30(24(34)17-40-42(5,37)38)18(2)14-22-21-11-10-19-15-20(32)12-13-27(19,3)29(21,31)23(33)16-28(22,30)4/h12-13,15,18,21-23,33H,6-11,14,16-17H2,1-5H3/t18-,21-,22-,23-,27-,28-,29-,30-/m0/s1. The van der Waals surface area contributed by atoms with Gasteiger partial charge in [-0.25, -0.2) is 4.39 Å². The molecule has 0 aromatic carbocycles. The fraction of sp³-hybridized carbons (Fsp3) is 0.733. The van der Waals surface area contributed by atoms with Gasteiger partial charge in [-0.3, -0.25) is 23.4 Å². The van der Waals surface area contributed by atoms with Crippen LogP contribution in [0.25, 0.3) is 0 Å². The van der Waals surface area contributed by atoms with Crippen molar-refractivity contribution in [1.82, 2.24) is 0 Å². The normalized spacial score (nSPS) is 39.0. The number of alkyl halides is 1. The van der Waals surface area contributed by atoms with E-state index in [9.17, 15) is 32.7 Å². The summed E-state index contributed by atoms with van der Waals surface area (Å²) in [4.78, 5) is 51.1. The summed E-state index contributed by atoms with van der Waals surface area (Å²) in [5.74, 6) is -4.22. The van der Waals surface area contributed by atoms with Crippen molar-refractivity contribution in [2.24, 2.45) is 28.6 Å². The Morgan fingerprint density at radius 2 is 1.81 bits per heavy atom. The van der Waals surface area contributed by atoms with E-state index >= 15 is 4.39 Å². The summed E-state index contributed by atoms with van der Waals surface area (Å²) in [7, 11) is -4.03. The average Bonchev–Trinajstić information content (AvgIpc) is 3.10. The van der Waals surface area contributed by atoms with Crippen LogP contribution >= 0.6 is 0 Å². The van der Waals surface area contributed by atoms with E-state index in [-0.39, 0.29) is 44.5 Å². The summed E-state index contributed by atoms with van der Waals surface area (Å²) in [6.45, 7) is 6.05. The van der Waals surface area contributed by atoms with Gasteiger partial charge < -0.3 is 14.6 Å². The van der Waals surface area contributed by atoms with Crippen LogP contribution < -0.4 is 0 Å². The Hall–Kier alpha value is -2.44. The molecule has 3 saturated carbocycles. The third-order valence-corrected chi connectivity index (χ3v) is 10.9. The number of allylic oxidation sites excluding steroid dienone is 4. The zero-order valence-corrected chi connectivity index (χ0v) is 25.6. The summed E-state index contributed by atoms with van der Waals surface area (Å²) >= 11 is 0. The van der Waals surface area contributed by atoms with E-state index in [4.69, 9.17) is 13.7 Å². The molecule has 0 radical (unpaired) electrons. The first-order valence-electron chi connectivity index (χ1n) is 14.5. The van der Waals surface area contributed by atoms with Crippen molar-refractivity contribution in [3.05, 3.63) is 23.8 Å². The minimum absolute atomic E-state index is 0.0356. The van der Waals surface area contributed by atoms with Gasteiger partial charge in [0.05, 0.1) is 19.0 Å². The lowest BCUT2D eigenvalue weighted by molar-refractivity contribution is -0.228. The summed E-state index contributed by atoms with van der Waals surface area (Å²) < 4.78 is 56.9. The molecule has 0 aromatic rings. The van der Waals surface area contributed by atoms with Gasteiger partial charge in [0.15, 0.2) is 17.1 Å². The SMILES string of the molecule is CCOC(=O)CCCC(=O)O[C@]1(C(=O)COS(C)(=O)=O)[C@@H](C)C[C@H]2[C@@H]3CCC4=CC(=O)C=C[C@]4(C)[C@@]3(F)[C@@H](O)C[C@@]21C. The molecule has 4 aliphatic carbocycles. The Balaban J connectivity index is 1.72. The van der Waals surface area contributed by atoms with Crippen LogP contribution in [0.4, 0.5) is 4.39 Å².